The molecule has 1 aromatic heterocycles. The second-order valence-corrected chi connectivity index (χ2v) is 5.89. The van der Waals surface area contributed by atoms with Crippen LogP contribution < -0.4 is 10.1 Å². The normalized spacial score (nSPS) is 10.1. The Hall–Kier alpha value is -1.76. The number of carbonyl (C=O) groups is 2. The largest absolute Gasteiger partial charge is 0.484 e. The van der Waals surface area contributed by atoms with E-state index in [1.165, 1.54) is 18.4 Å². The van der Waals surface area contributed by atoms with Gasteiger partial charge < -0.3 is 14.8 Å². The van der Waals surface area contributed by atoms with E-state index in [1.54, 1.807) is 29.6 Å². The van der Waals surface area contributed by atoms with Crippen LogP contribution in [0, 0.1) is 0 Å². The second kappa shape index (κ2) is 7.49. The van der Waals surface area contributed by atoms with Crippen molar-refractivity contribution in [3.63, 3.8) is 0 Å². The lowest BCUT2D eigenvalue weighted by atomic mass is 10.3. The Balaban J connectivity index is 1.96. The van der Waals surface area contributed by atoms with Gasteiger partial charge in [-0.05, 0) is 29.6 Å². The van der Waals surface area contributed by atoms with Crippen LogP contribution in [-0.4, -0.2) is 25.6 Å². The molecule has 1 heterocycles. The summed E-state index contributed by atoms with van der Waals surface area (Å²) in [6.45, 7) is -0.243. The highest BCUT2D eigenvalue weighted by molar-refractivity contribution is 7.12. The molecule has 0 saturated heterocycles. The van der Waals surface area contributed by atoms with Crippen molar-refractivity contribution >= 4 is 52.1 Å². The number of hydrogen-bond acceptors (Lipinski definition) is 5. The molecule has 5 nitrogen and oxygen atoms in total. The third kappa shape index (κ3) is 4.37. The van der Waals surface area contributed by atoms with Crippen molar-refractivity contribution in [2.24, 2.45) is 0 Å². The van der Waals surface area contributed by atoms with Gasteiger partial charge in [-0.15, -0.1) is 11.3 Å². The molecule has 0 fully saturated rings. The highest BCUT2D eigenvalue weighted by Crippen LogP contribution is 2.25. The van der Waals surface area contributed by atoms with Gasteiger partial charge in [0.15, 0.2) is 6.61 Å². The molecule has 2 aromatic rings. The molecule has 8 heteroatoms. The Morgan fingerprint density at radius 2 is 1.91 bits per heavy atom. The molecule has 116 valence electrons. The minimum Gasteiger partial charge on any atom is -0.484 e. The number of carbonyl (C=O) groups excluding carboxylic acids is 2. The Morgan fingerprint density at radius 1 is 1.23 bits per heavy atom. The topological polar surface area (TPSA) is 64.6 Å². The predicted molar refractivity (Wildman–Crippen MR) is 86.2 cm³/mol. The van der Waals surface area contributed by atoms with Crippen molar-refractivity contribution in [1.29, 1.82) is 0 Å². The van der Waals surface area contributed by atoms with E-state index in [2.05, 4.69) is 10.1 Å². The molecule has 0 aliphatic heterocycles. The van der Waals surface area contributed by atoms with Gasteiger partial charge in [0.1, 0.15) is 10.6 Å². The first-order chi connectivity index (χ1) is 10.5. The molecule has 0 saturated carbocycles. The van der Waals surface area contributed by atoms with Crippen molar-refractivity contribution in [3.8, 4) is 5.75 Å². The van der Waals surface area contributed by atoms with E-state index in [-0.39, 0.29) is 6.61 Å². The molecule has 0 aliphatic carbocycles. The average Bonchev–Trinajstić information content (AvgIpc) is 2.91. The number of halogens is 2. The van der Waals surface area contributed by atoms with Gasteiger partial charge in [0, 0.05) is 10.0 Å². The van der Waals surface area contributed by atoms with Gasteiger partial charge in [0.25, 0.3) is 5.91 Å². The SMILES string of the molecule is COC(=O)c1sccc1NC(=O)COc1cc(Cl)cc(Cl)c1. The van der Waals surface area contributed by atoms with Crippen LogP contribution in [0.15, 0.2) is 29.6 Å². The highest BCUT2D eigenvalue weighted by Gasteiger charge is 2.15. The lowest BCUT2D eigenvalue weighted by Gasteiger charge is -2.08. The van der Waals surface area contributed by atoms with E-state index in [0.717, 1.165) is 0 Å². The predicted octanol–water partition coefficient (Wildman–Crippen LogP) is 3.86. The summed E-state index contributed by atoms with van der Waals surface area (Å²) < 4.78 is 9.94. The third-order valence-corrected chi connectivity index (χ3v) is 3.85. The smallest absolute Gasteiger partial charge is 0.350 e. The van der Waals surface area contributed by atoms with Crippen LogP contribution in [0.2, 0.25) is 10.0 Å². The van der Waals surface area contributed by atoms with Crippen molar-refractivity contribution in [1.82, 2.24) is 0 Å². The molecular weight excluding hydrogens is 349 g/mol. The standard InChI is InChI=1S/C14H11Cl2NO4S/c1-20-14(19)13-11(2-3-22-13)17-12(18)7-21-10-5-8(15)4-9(16)6-10/h2-6H,7H2,1H3,(H,17,18). The van der Waals surface area contributed by atoms with Crippen LogP contribution in [-0.2, 0) is 9.53 Å². The van der Waals surface area contributed by atoms with Gasteiger partial charge in [-0.3, -0.25) is 4.79 Å². The van der Waals surface area contributed by atoms with Gasteiger partial charge in [-0.25, -0.2) is 4.79 Å². The number of amides is 1. The number of methoxy groups -OCH3 is 1. The van der Waals surface area contributed by atoms with E-state index < -0.39 is 11.9 Å². The molecule has 0 bridgehead atoms. The quantitative estimate of drug-likeness (QED) is 0.823. The van der Waals surface area contributed by atoms with Crippen LogP contribution in [0.5, 0.6) is 5.75 Å². The average molecular weight is 360 g/mol. The number of rotatable bonds is 5. The third-order valence-electron chi connectivity index (χ3n) is 2.52. The number of anilines is 1. The molecule has 0 unspecified atom stereocenters. The number of nitrogens with one attached hydrogen (secondary N) is 1. The van der Waals surface area contributed by atoms with Crippen LogP contribution in [0.4, 0.5) is 5.69 Å². The van der Waals surface area contributed by atoms with Gasteiger partial charge in [0.05, 0.1) is 12.8 Å². The number of esters is 1. The Labute approximate surface area is 140 Å². The molecule has 0 spiro atoms. The number of thiophene rings is 1. The fraction of sp³-hybridized carbons (Fsp3) is 0.143. The molecule has 22 heavy (non-hydrogen) atoms. The van der Waals surface area contributed by atoms with E-state index in [1.807, 2.05) is 0 Å². The summed E-state index contributed by atoms with van der Waals surface area (Å²) in [6.07, 6.45) is 0. The summed E-state index contributed by atoms with van der Waals surface area (Å²) in [5, 5.41) is 5.09. The lowest BCUT2D eigenvalue weighted by Crippen LogP contribution is -2.21. The van der Waals surface area contributed by atoms with Gasteiger partial charge >= 0.3 is 5.97 Å². The van der Waals surface area contributed by atoms with Crippen molar-refractivity contribution < 1.29 is 19.1 Å². The molecule has 1 aromatic carbocycles. The number of ether oxygens (including phenoxy) is 2. The van der Waals surface area contributed by atoms with E-state index in [0.29, 0.717) is 26.4 Å². The van der Waals surface area contributed by atoms with Crippen LogP contribution in [0.1, 0.15) is 9.67 Å². The van der Waals surface area contributed by atoms with Crippen molar-refractivity contribution in [3.05, 3.63) is 44.6 Å². The maximum absolute atomic E-state index is 11.9. The van der Waals surface area contributed by atoms with E-state index in [4.69, 9.17) is 27.9 Å². The first-order valence-corrected chi connectivity index (χ1v) is 7.67. The molecule has 1 N–H and O–H groups in total. The summed E-state index contributed by atoms with van der Waals surface area (Å²) in [6, 6.07) is 6.27. The Bertz CT molecular complexity index is 682. The zero-order chi connectivity index (χ0) is 16.1. The Morgan fingerprint density at radius 3 is 2.55 bits per heavy atom. The minimum atomic E-state index is -0.507. The minimum absolute atomic E-state index is 0.243. The molecule has 1 amide bonds. The first-order valence-electron chi connectivity index (χ1n) is 6.04. The fourth-order valence-electron chi connectivity index (χ4n) is 1.61. The van der Waals surface area contributed by atoms with Crippen LogP contribution in [0.25, 0.3) is 0 Å². The summed E-state index contributed by atoms with van der Waals surface area (Å²) >= 11 is 12.9. The molecule has 0 radical (unpaired) electrons. The van der Waals surface area contributed by atoms with Gasteiger partial charge in [-0.2, -0.15) is 0 Å². The van der Waals surface area contributed by atoms with Gasteiger partial charge in [0.2, 0.25) is 0 Å². The zero-order valence-electron chi connectivity index (χ0n) is 11.4. The lowest BCUT2D eigenvalue weighted by molar-refractivity contribution is -0.118. The Kier molecular flexibility index (Phi) is 5.65. The van der Waals surface area contributed by atoms with Crippen LogP contribution in [0.3, 0.4) is 0 Å². The van der Waals surface area contributed by atoms with Crippen molar-refractivity contribution in [2.45, 2.75) is 0 Å². The molecular formula is C14H11Cl2NO4S. The summed E-state index contributed by atoms with van der Waals surface area (Å²) in [4.78, 5) is 23.7. The van der Waals surface area contributed by atoms with E-state index >= 15 is 0 Å². The monoisotopic (exact) mass is 359 g/mol. The summed E-state index contributed by atoms with van der Waals surface area (Å²) in [7, 11) is 1.28. The van der Waals surface area contributed by atoms with Crippen LogP contribution >= 0.6 is 34.5 Å². The maximum Gasteiger partial charge on any atom is 0.350 e. The first kappa shape index (κ1) is 16.6. The van der Waals surface area contributed by atoms with Crippen molar-refractivity contribution in [2.75, 3.05) is 19.0 Å². The second-order valence-electron chi connectivity index (χ2n) is 4.10. The molecule has 2 rings (SSSR count). The van der Waals surface area contributed by atoms with Gasteiger partial charge in [-0.1, -0.05) is 23.2 Å². The molecule has 0 aliphatic rings. The number of hydrogen-bond donors (Lipinski definition) is 1. The fourth-order valence-corrected chi connectivity index (χ4v) is 2.88. The maximum atomic E-state index is 11.9. The highest BCUT2D eigenvalue weighted by atomic mass is 35.5. The summed E-state index contributed by atoms with van der Waals surface area (Å²) in [5.74, 6) is -0.543. The molecule has 0 atom stereocenters. The summed E-state index contributed by atoms with van der Waals surface area (Å²) in [5.41, 5.74) is 0.384. The zero-order valence-corrected chi connectivity index (χ0v) is 13.7. The number of benzene rings is 1. The van der Waals surface area contributed by atoms with E-state index in [9.17, 15) is 9.59 Å².